The van der Waals surface area contributed by atoms with Crippen LogP contribution in [0.1, 0.15) is 38.4 Å². The summed E-state index contributed by atoms with van der Waals surface area (Å²) in [6, 6.07) is 10.6. The van der Waals surface area contributed by atoms with Gasteiger partial charge in [0.15, 0.2) is 5.78 Å². The van der Waals surface area contributed by atoms with E-state index < -0.39 is 0 Å². The Kier molecular flexibility index (Phi) is 6.80. The highest BCUT2D eigenvalue weighted by atomic mass is 32.1. The first-order valence-electron chi connectivity index (χ1n) is 9.28. The van der Waals surface area contributed by atoms with Crippen molar-refractivity contribution in [1.29, 1.82) is 5.26 Å². The van der Waals surface area contributed by atoms with Gasteiger partial charge < -0.3 is 15.0 Å². The van der Waals surface area contributed by atoms with Crippen LogP contribution in [0.4, 0.5) is 0 Å². The summed E-state index contributed by atoms with van der Waals surface area (Å²) < 4.78 is 5.22. The topological polar surface area (TPSA) is 82.4 Å². The number of nitrogens with one attached hydrogen (secondary N) is 1. The van der Waals surface area contributed by atoms with E-state index in [4.69, 9.17) is 10.00 Å². The summed E-state index contributed by atoms with van der Waals surface area (Å²) in [6.07, 6.45) is 1.70. The molecule has 0 spiro atoms. The quantitative estimate of drug-likeness (QED) is 0.727. The third-order valence-electron chi connectivity index (χ3n) is 5.01. The zero-order valence-corrected chi connectivity index (χ0v) is 16.6. The van der Waals surface area contributed by atoms with Gasteiger partial charge in [-0.1, -0.05) is 6.07 Å². The molecule has 0 atom stereocenters. The summed E-state index contributed by atoms with van der Waals surface area (Å²) in [5.41, 5.74) is 0.783. The Morgan fingerprint density at radius 2 is 2.11 bits per heavy atom. The Labute approximate surface area is 168 Å². The lowest BCUT2D eigenvalue weighted by Crippen LogP contribution is -2.41. The summed E-state index contributed by atoms with van der Waals surface area (Å²) in [7, 11) is 1.50. The van der Waals surface area contributed by atoms with Crippen LogP contribution < -0.4 is 10.1 Å². The number of ether oxygens (including phenoxy) is 1. The molecule has 6 nitrogen and oxygen atoms in total. The van der Waals surface area contributed by atoms with Crippen molar-refractivity contribution in [2.45, 2.75) is 12.8 Å². The maximum atomic E-state index is 12.4. The largest absolute Gasteiger partial charge is 0.496 e. The van der Waals surface area contributed by atoms with Gasteiger partial charge in [0.1, 0.15) is 5.75 Å². The number of ketones is 1. The fraction of sp³-hybridized carbons (Fsp3) is 0.381. The van der Waals surface area contributed by atoms with Crippen LogP contribution in [0.3, 0.4) is 0 Å². The molecule has 1 saturated heterocycles. The van der Waals surface area contributed by atoms with Crippen LogP contribution in [-0.4, -0.2) is 49.9 Å². The molecular formula is C21H23N3O3S. The molecule has 1 amide bonds. The van der Waals surface area contributed by atoms with Crippen LogP contribution in [0.2, 0.25) is 0 Å². The second-order valence-corrected chi connectivity index (χ2v) is 7.69. The molecule has 3 rings (SSSR count). The van der Waals surface area contributed by atoms with E-state index in [1.807, 2.05) is 23.6 Å². The number of likely N-dealkylation sites (tertiary alicyclic amines) is 1. The van der Waals surface area contributed by atoms with Crippen molar-refractivity contribution in [3.8, 4) is 11.8 Å². The fourth-order valence-electron chi connectivity index (χ4n) is 3.42. The number of carbonyl (C=O) groups excluding carboxylic acids is 2. The summed E-state index contributed by atoms with van der Waals surface area (Å²) in [5, 5.41) is 13.9. The molecule has 0 radical (unpaired) electrons. The van der Waals surface area contributed by atoms with Crippen molar-refractivity contribution in [3.05, 3.63) is 51.7 Å². The standard InChI is InChI=1S/C21H23N3O3S/c1-27-18-5-4-15(14-22)13-17(18)21(26)23-8-11-24-9-6-16(7-10-24)20(25)19-3-2-12-28-19/h2-5,12-13,16H,6-11H2,1H3,(H,23,26). The molecular weight excluding hydrogens is 374 g/mol. The molecule has 28 heavy (non-hydrogen) atoms. The van der Waals surface area contributed by atoms with E-state index in [2.05, 4.69) is 10.2 Å². The van der Waals surface area contributed by atoms with E-state index in [-0.39, 0.29) is 17.6 Å². The Morgan fingerprint density at radius 3 is 2.75 bits per heavy atom. The average Bonchev–Trinajstić information content (AvgIpc) is 3.28. The maximum Gasteiger partial charge on any atom is 0.255 e. The first kappa shape index (κ1) is 20.1. The summed E-state index contributed by atoms with van der Waals surface area (Å²) >= 11 is 1.51. The third-order valence-corrected chi connectivity index (χ3v) is 5.89. The number of hydrogen-bond donors (Lipinski definition) is 1. The second kappa shape index (κ2) is 9.49. The van der Waals surface area contributed by atoms with E-state index in [0.29, 0.717) is 23.4 Å². The smallest absolute Gasteiger partial charge is 0.255 e. The molecule has 0 unspecified atom stereocenters. The fourth-order valence-corrected chi connectivity index (χ4v) is 4.16. The van der Waals surface area contributed by atoms with Gasteiger partial charge >= 0.3 is 0 Å². The number of nitriles is 1. The van der Waals surface area contributed by atoms with Crippen LogP contribution in [0.25, 0.3) is 0 Å². The van der Waals surface area contributed by atoms with E-state index in [9.17, 15) is 9.59 Å². The van der Waals surface area contributed by atoms with Gasteiger partial charge in [0.25, 0.3) is 5.91 Å². The summed E-state index contributed by atoms with van der Waals surface area (Å²) in [4.78, 5) is 28.0. The van der Waals surface area contributed by atoms with Crippen molar-refractivity contribution < 1.29 is 14.3 Å². The first-order valence-corrected chi connectivity index (χ1v) is 10.2. The SMILES string of the molecule is COc1ccc(C#N)cc1C(=O)NCCN1CCC(C(=O)c2cccs2)CC1. The molecule has 1 aromatic carbocycles. The first-order chi connectivity index (χ1) is 13.6. The Hall–Kier alpha value is -2.69. The molecule has 1 aliphatic heterocycles. The normalized spacial score (nSPS) is 15.0. The van der Waals surface area contributed by atoms with Crippen molar-refractivity contribution in [1.82, 2.24) is 10.2 Å². The zero-order valence-electron chi connectivity index (χ0n) is 15.8. The number of rotatable bonds is 7. The number of hydrogen-bond acceptors (Lipinski definition) is 6. The number of methoxy groups -OCH3 is 1. The summed E-state index contributed by atoms with van der Waals surface area (Å²) in [6.45, 7) is 2.93. The highest BCUT2D eigenvalue weighted by molar-refractivity contribution is 7.12. The molecule has 0 saturated carbocycles. The lowest BCUT2D eigenvalue weighted by Gasteiger charge is -2.31. The monoisotopic (exact) mass is 397 g/mol. The van der Waals surface area contributed by atoms with E-state index in [1.54, 1.807) is 12.1 Å². The molecule has 1 N–H and O–H groups in total. The molecule has 146 valence electrons. The Balaban J connectivity index is 1.46. The molecule has 2 aromatic rings. The van der Waals surface area contributed by atoms with Crippen LogP contribution in [0, 0.1) is 17.2 Å². The molecule has 7 heteroatoms. The van der Waals surface area contributed by atoms with Crippen molar-refractivity contribution in [3.63, 3.8) is 0 Å². The number of piperidine rings is 1. The predicted molar refractivity (Wildman–Crippen MR) is 108 cm³/mol. The highest BCUT2D eigenvalue weighted by Crippen LogP contribution is 2.24. The number of nitrogens with zero attached hydrogens (tertiary/aromatic N) is 2. The zero-order chi connectivity index (χ0) is 19.9. The van der Waals surface area contributed by atoms with Gasteiger partial charge in [-0.25, -0.2) is 0 Å². The van der Waals surface area contributed by atoms with E-state index >= 15 is 0 Å². The number of thiophene rings is 1. The van der Waals surface area contributed by atoms with Gasteiger partial charge in [-0.3, -0.25) is 9.59 Å². The Morgan fingerprint density at radius 1 is 1.32 bits per heavy atom. The molecule has 1 aromatic heterocycles. The minimum atomic E-state index is -0.253. The summed E-state index contributed by atoms with van der Waals surface area (Å²) in [5.74, 6) is 0.552. The molecule has 0 aliphatic carbocycles. The van der Waals surface area contributed by atoms with Crippen molar-refractivity contribution >= 4 is 23.0 Å². The maximum absolute atomic E-state index is 12.4. The van der Waals surface area contributed by atoms with Crippen LogP contribution in [0.5, 0.6) is 5.75 Å². The van der Waals surface area contributed by atoms with Crippen LogP contribution >= 0.6 is 11.3 Å². The lowest BCUT2D eigenvalue weighted by molar-refractivity contribution is 0.0843. The third kappa shape index (κ3) is 4.77. The van der Waals surface area contributed by atoms with Gasteiger partial charge in [-0.05, 0) is 55.6 Å². The van der Waals surface area contributed by atoms with Crippen LogP contribution in [-0.2, 0) is 0 Å². The minimum absolute atomic E-state index is 0.0995. The highest BCUT2D eigenvalue weighted by Gasteiger charge is 2.26. The van der Waals surface area contributed by atoms with Gasteiger partial charge in [0.2, 0.25) is 0 Å². The number of carbonyl (C=O) groups is 2. The van der Waals surface area contributed by atoms with E-state index in [0.717, 1.165) is 37.4 Å². The minimum Gasteiger partial charge on any atom is -0.496 e. The van der Waals surface area contributed by atoms with Gasteiger partial charge in [0.05, 0.1) is 29.2 Å². The second-order valence-electron chi connectivity index (χ2n) is 6.74. The molecule has 2 heterocycles. The number of amides is 1. The van der Waals surface area contributed by atoms with Crippen molar-refractivity contribution in [2.75, 3.05) is 33.3 Å². The van der Waals surface area contributed by atoms with Crippen molar-refractivity contribution in [2.24, 2.45) is 5.92 Å². The van der Waals surface area contributed by atoms with E-state index in [1.165, 1.54) is 24.5 Å². The van der Waals surface area contributed by atoms with Gasteiger partial charge in [-0.15, -0.1) is 11.3 Å². The molecule has 1 aliphatic rings. The van der Waals surface area contributed by atoms with Gasteiger partial charge in [0, 0.05) is 19.0 Å². The number of benzene rings is 1. The predicted octanol–water partition coefficient (Wildman–Crippen LogP) is 2.95. The molecule has 0 bridgehead atoms. The Bertz CT molecular complexity index is 866. The average molecular weight is 398 g/mol. The lowest BCUT2D eigenvalue weighted by atomic mass is 9.92. The molecule has 1 fully saturated rings. The number of Topliss-reactive ketones (excluding diaryl/α,β-unsaturated/α-hetero) is 1. The van der Waals surface area contributed by atoms with Gasteiger partial charge in [-0.2, -0.15) is 5.26 Å². The van der Waals surface area contributed by atoms with Crippen LogP contribution in [0.15, 0.2) is 35.7 Å².